The van der Waals surface area contributed by atoms with Crippen molar-refractivity contribution in [2.45, 2.75) is 31.2 Å². The Kier molecular flexibility index (Phi) is 4.57. The molecule has 2 N–H and O–H groups in total. The molecule has 1 amide bonds. The second kappa shape index (κ2) is 5.41. The third-order valence-corrected chi connectivity index (χ3v) is 4.51. The minimum Gasteiger partial charge on any atom is -0.443 e. The van der Waals surface area contributed by atoms with E-state index in [-0.39, 0.29) is 27.3 Å². The maximum atomic E-state index is 12.0. The van der Waals surface area contributed by atoms with Crippen LogP contribution in [0.15, 0.2) is 20.0 Å². The highest BCUT2D eigenvalue weighted by Gasteiger charge is 2.25. The van der Waals surface area contributed by atoms with E-state index in [1.54, 1.807) is 7.05 Å². The largest absolute Gasteiger partial charge is 0.443 e. The number of primary sulfonamides is 1. The van der Waals surface area contributed by atoms with Crippen LogP contribution in [0.3, 0.4) is 0 Å². The van der Waals surface area contributed by atoms with Gasteiger partial charge < -0.3 is 9.32 Å². The predicted molar refractivity (Wildman–Crippen MR) is 69.6 cm³/mol. The van der Waals surface area contributed by atoms with Crippen molar-refractivity contribution in [2.24, 2.45) is 5.14 Å². The number of rotatable bonds is 4. The average molecular weight is 339 g/mol. The van der Waals surface area contributed by atoms with E-state index < -0.39 is 10.0 Å². The average Bonchev–Trinajstić information content (AvgIpc) is 2.68. The molecule has 1 rings (SSSR count). The number of carbonyl (C=O) groups excluding carboxylic acids is 1. The van der Waals surface area contributed by atoms with Crippen LogP contribution >= 0.6 is 15.9 Å². The molecule has 18 heavy (non-hydrogen) atoms. The van der Waals surface area contributed by atoms with Crippen LogP contribution in [0.4, 0.5) is 0 Å². The fraction of sp³-hybridized carbons (Fsp3) is 0.500. The lowest BCUT2D eigenvalue weighted by Crippen LogP contribution is -2.34. The molecule has 0 saturated carbocycles. The number of carbonyl (C=O) groups is 1. The Balaban J connectivity index is 3.10. The summed E-state index contributed by atoms with van der Waals surface area (Å²) in [5.74, 6) is -0.450. The number of hydrogen-bond acceptors (Lipinski definition) is 4. The molecule has 0 aliphatic rings. The Morgan fingerprint density at radius 2 is 2.17 bits per heavy atom. The highest BCUT2D eigenvalue weighted by molar-refractivity contribution is 9.10. The third kappa shape index (κ3) is 3.12. The first kappa shape index (κ1) is 15.2. The van der Waals surface area contributed by atoms with Gasteiger partial charge >= 0.3 is 0 Å². The van der Waals surface area contributed by atoms with Crippen molar-refractivity contribution in [3.63, 3.8) is 0 Å². The first-order valence-corrected chi connectivity index (χ1v) is 7.61. The molecule has 0 bridgehead atoms. The van der Waals surface area contributed by atoms with Crippen molar-refractivity contribution in [3.8, 4) is 0 Å². The van der Waals surface area contributed by atoms with Crippen molar-refractivity contribution in [3.05, 3.63) is 16.5 Å². The molecule has 0 aliphatic heterocycles. The zero-order valence-corrected chi connectivity index (χ0v) is 12.7. The minimum absolute atomic E-state index is 0.0271. The first-order valence-electron chi connectivity index (χ1n) is 5.27. The predicted octanol–water partition coefficient (Wildman–Crippen LogP) is 1.56. The van der Waals surface area contributed by atoms with Gasteiger partial charge in [0.05, 0.1) is 0 Å². The zero-order chi connectivity index (χ0) is 14.1. The molecule has 1 aromatic rings. The topological polar surface area (TPSA) is 93.6 Å². The van der Waals surface area contributed by atoms with E-state index >= 15 is 0 Å². The van der Waals surface area contributed by atoms with Gasteiger partial charge in [-0.3, -0.25) is 4.79 Å². The van der Waals surface area contributed by atoms with Crippen LogP contribution in [0.25, 0.3) is 0 Å². The van der Waals surface area contributed by atoms with Crippen molar-refractivity contribution in [2.75, 3.05) is 7.05 Å². The zero-order valence-electron chi connectivity index (χ0n) is 10.3. The van der Waals surface area contributed by atoms with Crippen LogP contribution in [0.2, 0.25) is 0 Å². The first-order chi connectivity index (χ1) is 8.18. The van der Waals surface area contributed by atoms with E-state index in [0.717, 1.165) is 12.5 Å². The van der Waals surface area contributed by atoms with Crippen LogP contribution in [-0.2, 0) is 10.0 Å². The molecular weight excluding hydrogens is 324 g/mol. The Bertz CT molecular complexity index is 552. The molecule has 0 saturated heterocycles. The molecule has 1 aromatic heterocycles. The maximum Gasteiger partial charge on any atom is 0.289 e. The molecule has 8 heteroatoms. The molecular formula is C10H15BrN2O4S. The number of nitrogens with two attached hydrogens (primary N) is 1. The Labute approximate surface area is 114 Å². The van der Waals surface area contributed by atoms with Gasteiger partial charge in [0.25, 0.3) is 5.91 Å². The number of halogens is 1. The van der Waals surface area contributed by atoms with E-state index in [4.69, 9.17) is 9.56 Å². The van der Waals surface area contributed by atoms with Crippen LogP contribution in [0.1, 0.15) is 30.8 Å². The summed E-state index contributed by atoms with van der Waals surface area (Å²) in [6.45, 7) is 3.83. The highest BCUT2D eigenvalue weighted by atomic mass is 79.9. The van der Waals surface area contributed by atoms with Crippen molar-refractivity contribution in [1.29, 1.82) is 0 Å². The molecule has 0 fully saturated rings. The fourth-order valence-corrected chi connectivity index (χ4v) is 2.80. The van der Waals surface area contributed by atoms with Crippen LogP contribution in [-0.4, -0.2) is 32.3 Å². The maximum absolute atomic E-state index is 12.0. The van der Waals surface area contributed by atoms with Gasteiger partial charge in [0.2, 0.25) is 10.0 Å². The second-order valence-electron chi connectivity index (χ2n) is 3.97. The third-order valence-electron chi connectivity index (χ3n) is 2.75. The van der Waals surface area contributed by atoms with Crippen molar-refractivity contribution < 1.29 is 17.6 Å². The quantitative estimate of drug-likeness (QED) is 0.901. The molecule has 1 unspecified atom stereocenters. The molecule has 1 atom stereocenters. The number of hydrogen-bond donors (Lipinski definition) is 1. The lowest BCUT2D eigenvalue weighted by molar-refractivity contribution is 0.0707. The summed E-state index contributed by atoms with van der Waals surface area (Å²) < 4.78 is 27.4. The summed E-state index contributed by atoms with van der Waals surface area (Å²) >= 11 is 2.93. The normalized spacial score (nSPS) is 13.4. The second-order valence-corrected chi connectivity index (χ2v) is 6.22. The molecule has 0 radical (unpaired) electrons. The van der Waals surface area contributed by atoms with Gasteiger partial charge in [-0.05, 0) is 29.3 Å². The molecule has 102 valence electrons. The van der Waals surface area contributed by atoms with Crippen LogP contribution < -0.4 is 5.14 Å². The summed E-state index contributed by atoms with van der Waals surface area (Å²) in [4.78, 5) is 13.3. The number of sulfonamides is 1. The van der Waals surface area contributed by atoms with Gasteiger partial charge in [0.15, 0.2) is 10.4 Å². The standard InChI is InChI=1S/C10H15BrN2O4S/c1-4-6(2)13(3)10(14)7-5-8(9(11)17-7)18(12,15)16/h5-6H,4H2,1-3H3,(H2,12,15,16). The van der Waals surface area contributed by atoms with E-state index in [2.05, 4.69) is 15.9 Å². The van der Waals surface area contributed by atoms with Gasteiger partial charge in [-0.25, -0.2) is 13.6 Å². The van der Waals surface area contributed by atoms with E-state index in [9.17, 15) is 13.2 Å². The molecule has 1 heterocycles. The smallest absolute Gasteiger partial charge is 0.289 e. The Hall–Kier alpha value is -0.860. The molecule has 0 aromatic carbocycles. The monoisotopic (exact) mass is 338 g/mol. The summed E-state index contributed by atoms with van der Waals surface area (Å²) in [7, 11) is -2.28. The van der Waals surface area contributed by atoms with E-state index in [0.29, 0.717) is 0 Å². The van der Waals surface area contributed by atoms with Gasteiger partial charge in [-0.1, -0.05) is 6.92 Å². The highest BCUT2D eigenvalue weighted by Crippen LogP contribution is 2.26. The summed E-state index contributed by atoms with van der Waals surface area (Å²) in [6.07, 6.45) is 0.784. The van der Waals surface area contributed by atoms with Crippen molar-refractivity contribution in [1.82, 2.24) is 4.90 Å². The number of furan rings is 1. The van der Waals surface area contributed by atoms with E-state index in [1.165, 1.54) is 4.90 Å². The lowest BCUT2D eigenvalue weighted by atomic mass is 10.2. The summed E-state index contributed by atoms with van der Waals surface area (Å²) in [6, 6.07) is 1.15. The molecule has 0 aliphatic carbocycles. The van der Waals surface area contributed by atoms with E-state index in [1.807, 2.05) is 13.8 Å². The van der Waals surface area contributed by atoms with Crippen LogP contribution in [0.5, 0.6) is 0 Å². The molecule has 6 nitrogen and oxygen atoms in total. The van der Waals surface area contributed by atoms with Gasteiger partial charge in [-0.2, -0.15) is 0 Å². The SMILES string of the molecule is CCC(C)N(C)C(=O)c1cc(S(N)(=O)=O)c(Br)o1. The van der Waals surface area contributed by atoms with Gasteiger partial charge in [-0.15, -0.1) is 0 Å². The molecule has 0 spiro atoms. The van der Waals surface area contributed by atoms with Gasteiger partial charge in [0, 0.05) is 19.2 Å². The minimum atomic E-state index is -3.91. The summed E-state index contributed by atoms with van der Waals surface area (Å²) in [5, 5.41) is 4.99. The van der Waals surface area contributed by atoms with Gasteiger partial charge in [0.1, 0.15) is 4.90 Å². The number of nitrogens with zero attached hydrogens (tertiary/aromatic N) is 1. The van der Waals surface area contributed by atoms with Crippen LogP contribution in [0, 0.1) is 0 Å². The number of amides is 1. The Morgan fingerprint density at radius 1 is 1.61 bits per heavy atom. The summed E-state index contributed by atoms with van der Waals surface area (Å²) in [5.41, 5.74) is 0. The van der Waals surface area contributed by atoms with Crippen molar-refractivity contribution >= 4 is 31.9 Å². The Morgan fingerprint density at radius 3 is 2.56 bits per heavy atom. The lowest BCUT2D eigenvalue weighted by Gasteiger charge is -2.22. The fourth-order valence-electron chi connectivity index (χ4n) is 1.30.